The minimum atomic E-state index is -5.84. The predicted molar refractivity (Wildman–Crippen MR) is 65.6 cm³/mol. The summed E-state index contributed by atoms with van der Waals surface area (Å²) in [5, 5.41) is 0. The van der Waals surface area contributed by atoms with E-state index in [4.69, 9.17) is 13.0 Å². The van der Waals surface area contributed by atoms with Crippen molar-refractivity contribution in [3.63, 3.8) is 0 Å². The fourth-order valence-electron chi connectivity index (χ4n) is 0.751. The third-order valence-electron chi connectivity index (χ3n) is 1.66. The van der Waals surface area contributed by atoms with E-state index in [9.17, 15) is 13.2 Å². The summed E-state index contributed by atoms with van der Waals surface area (Å²) in [7, 11) is -1.80. The summed E-state index contributed by atoms with van der Waals surface area (Å²) in [5.41, 5.74) is -4.33. The molecule has 0 spiro atoms. The van der Waals surface area contributed by atoms with Gasteiger partial charge in [-0.05, 0) is 24.3 Å². The first-order valence-corrected chi connectivity index (χ1v) is 6.34. The summed E-state index contributed by atoms with van der Waals surface area (Å²) in [6.45, 7) is 0. The Labute approximate surface area is 109 Å². The van der Waals surface area contributed by atoms with Crippen LogP contribution in [0.5, 0.6) is 0 Å². The SMILES string of the molecule is CN(C)c1ccc(S)cc1.O=S(=O)(O)C(F)(F)F. The molecule has 0 aromatic heterocycles. The molecule has 18 heavy (non-hydrogen) atoms. The van der Waals surface area contributed by atoms with Gasteiger partial charge in [0.25, 0.3) is 0 Å². The molecule has 0 bridgehead atoms. The first-order chi connectivity index (χ1) is 7.95. The minimum absolute atomic E-state index is 1.01. The summed E-state index contributed by atoms with van der Waals surface area (Å²) < 4.78 is 57.5. The number of alkyl halides is 3. The third-order valence-corrected chi connectivity index (χ3v) is 2.54. The van der Waals surface area contributed by atoms with Gasteiger partial charge < -0.3 is 4.90 Å². The van der Waals surface area contributed by atoms with Gasteiger partial charge in [0, 0.05) is 24.7 Å². The lowest BCUT2D eigenvalue weighted by molar-refractivity contribution is -0.0510. The number of thiol groups is 1. The summed E-state index contributed by atoms with van der Waals surface area (Å²) in [6.07, 6.45) is 0. The summed E-state index contributed by atoms with van der Waals surface area (Å²) >= 11 is 4.18. The van der Waals surface area contributed by atoms with Crippen molar-refractivity contribution in [1.82, 2.24) is 0 Å². The Bertz CT molecular complexity index is 469. The van der Waals surface area contributed by atoms with Gasteiger partial charge >= 0.3 is 15.6 Å². The number of nitrogens with zero attached hydrogens (tertiary/aromatic N) is 1. The number of hydrogen-bond acceptors (Lipinski definition) is 4. The molecule has 1 rings (SSSR count). The third kappa shape index (κ3) is 6.12. The Morgan fingerprint density at radius 2 is 1.50 bits per heavy atom. The zero-order valence-electron chi connectivity index (χ0n) is 9.51. The average Bonchev–Trinajstić information content (AvgIpc) is 2.16. The molecule has 0 aliphatic heterocycles. The second kappa shape index (κ2) is 6.30. The van der Waals surface area contributed by atoms with Crippen LogP contribution in [0, 0.1) is 0 Å². The zero-order valence-corrected chi connectivity index (χ0v) is 11.2. The molecule has 1 aromatic carbocycles. The topological polar surface area (TPSA) is 57.6 Å². The summed E-state index contributed by atoms with van der Waals surface area (Å²) in [5.74, 6) is 0. The largest absolute Gasteiger partial charge is 0.522 e. The molecular weight excluding hydrogens is 291 g/mol. The monoisotopic (exact) mass is 303 g/mol. The van der Waals surface area contributed by atoms with Gasteiger partial charge in [0.2, 0.25) is 0 Å². The molecule has 104 valence electrons. The predicted octanol–water partition coefficient (Wildman–Crippen LogP) is 2.44. The quantitative estimate of drug-likeness (QED) is 0.475. The second-order valence-corrected chi connectivity index (χ2v) is 5.26. The first kappa shape index (κ1) is 17.1. The van der Waals surface area contributed by atoms with Gasteiger partial charge in [-0.3, -0.25) is 4.55 Å². The molecule has 0 saturated carbocycles. The summed E-state index contributed by atoms with van der Waals surface area (Å²) in [4.78, 5) is 3.07. The van der Waals surface area contributed by atoms with Crippen LogP contribution < -0.4 is 4.90 Å². The molecule has 0 radical (unpaired) electrons. The van der Waals surface area contributed by atoms with Gasteiger partial charge in [-0.25, -0.2) is 0 Å². The highest BCUT2D eigenvalue weighted by molar-refractivity contribution is 7.86. The Kier molecular flexibility index (Phi) is 5.97. The zero-order chi connectivity index (χ0) is 14.6. The van der Waals surface area contributed by atoms with Crippen LogP contribution in [-0.4, -0.2) is 32.6 Å². The maximum atomic E-state index is 10.7. The van der Waals surface area contributed by atoms with Crippen molar-refractivity contribution in [2.45, 2.75) is 10.4 Å². The Morgan fingerprint density at radius 1 is 1.17 bits per heavy atom. The van der Waals surface area contributed by atoms with Crippen LogP contribution in [0.4, 0.5) is 18.9 Å². The Hall–Kier alpha value is -0.930. The molecule has 1 N–H and O–H groups in total. The fraction of sp³-hybridized carbons (Fsp3) is 0.333. The van der Waals surface area contributed by atoms with Gasteiger partial charge in [0.1, 0.15) is 0 Å². The van der Waals surface area contributed by atoms with Crippen molar-refractivity contribution in [3.8, 4) is 0 Å². The van der Waals surface area contributed by atoms with Crippen molar-refractivity contribution in [2.75, 3.05) is 19.0 Å². The molecule has 0 saturated heterocycles. The lowest BCUT2D eigenvalue weighted by Gasteiger charge is -2.11. The van der Waals surface area contributed by atoms with Gasteiger partial charge in [-0.1, -0.05) is 0 Å². The first-order valence-electron chi connectivity index (χ1n) is 4.45. The van der Waals surface area contributed by atoms with E-state index in [1.165, 1.54) is 5.69 Å². The van der Waals surface area contributed by atoms with E-state index in [-0.39, 0.29) is 0 Å². The molecule has 0 amide bonds. The van der Waals surface area contributed by atoms with E-state index in [1.54, 1.807) is 0 Å². The Balaban J connectivity index is 0.000000331. The fourth-order valence-corrected chi connectivity index (χ4v) is 0.900. The van der Waals surface area contributed by atoms with Gasteiger partial charge in [-0.2, -0.15) is 21.6 Å². The van der Waals surface area contributed by atoms with Gasteiger partial charge in [-0.15, -0.1) is 12.6 Å². The van der Waals surface area contributed by atoms with Crippen LogP contribution in [0.3, 0.4) is 0 Å². The van der Waals surface area contributed by atoms with E-state index in [2.05, 4.69) is 17.5 Å². The second-order valence-electron chi connectivity index (χ2n) is 3.33. The Morgan fingerprint density at radius 3 is 1.72 bits per heavy atom. The van der Waals surface area contributed by atoms with Crippen LogP contribution in [0.25, 0.3) is 0 Å². The molecular formula is C9H12F3NO3S2. The molecule has 9 heteroatoms. The van der Waals surface area contributed by atoms with Gasteiger partial charge in [0.05, 0.1) is 0 Å². The normalized spacial score (nSPS) is 11.5. The molecule has 0 unspecified atom stereocenters. The van der Waals surface area contributed by atoms with Crippen molar-refractivity contribution in [1.29, 1.82) is 0 Å². The van der Waals surface area contributed by atoms with Crippen LogP contribution in [0.15, 0.2) is 29.2 Å². The number of halogens is 3. The van der Waals surface area contributed by atoms with Crippen molar-refractivity contribution in [2.24, 2.45) is 0 Å². The van der Waals surface area contributed by atoms with Crippen LogP contribution in [0.1, 0.15) is 0 Å². The molecule has 0 heterocycles. The average molecular weight is 303 g/mol. The van der Waals surface area contributed by atoms with Crippen molar-refractivity contribution < 1.29 is 26.1 Å². The molecule has 0 aliphatic carbocycles. The lowest BCUT2D eigenvalue weighted by Crippen LogP contribution is -2.21. The van der Waals surface area contributed by atoms with Crippen LogP contribution >= 0.6 is 12.6 Å². The highest BCUT2D eigenvalue weighted by Crippen LogP contribution is 2.20. The minimum Gasteiger partial charge on any atom is -0.378 e. The maximum absolute atomic E-state index is 10.7. The molecule has 0 atom stereocenters. The molecule has 4 nitrogen and oxygen atoms in total. The lowest BCUT2D eigenvalue weighted by atomic mass is 10.3. The molecule has 0 fully saturated rings. The molecule has 0 aliphatic rings. The van der Waals surface area contributed by atoms with E-state index >= 15 is 0 Å². The van der Waals surface area contributed by atoms with E-state index in [0.717, 1.165) is 4.90 Å². The van der Waals surface area contributed by atoms with E-state index in [1.807, 2.05) is 38.4 Å². The van der Waals surface area contributed by atoms with Crippen molar-refractivity contribution >= 4 is 28.4 Å². The number of benzene rings is 1. The highest BCUT2D eigenvalue weighted by atomic mass is 32.2. The van der Waals surface area contributed by atoms with E-state index < -0.39 is 15.6 Å². The summed E-state index contributed by atoms with van der Waals surface area (Å²) in [6, 6.07) is 8.06. The molecule has 1 aromatic rings. The maximum Gasteiger partial charge on any atom is 0.522 e. The van der Waals surface area contributed by atoms with Crippen LogP contribution in [0.2, 0.25) is 0 Å². The number of hydrogen-bond donors (Lipinski definition) is 2. The highest BCUT2D eigenvalue weighted by Gasteiger charge is 2.44. The smallest absolute Gasteiger partial charge is 0.378 e. The van der Waals surface area contributed by atoms with Gasteiger partial charge in [0.15, 0.2) is 0 Å². The standard InChI is InChI=1S/C8H11NS.CHF3O3S/c1-9(2)7-3-5-8(10)6-4-7;2-1(3,4)8(5,6)7/h3-6,10H,1-2H3;(H,5,6,7). The number of rotatable bonds is 1. The number of anilines is 1. The van der Waals surface area contributed by atoms with Crippen molar-refractivity contribution in [3.05, 3.63) is 24.3 Å². The van der Waals surface area contributed by atoms with E-state index in [0.29, 0.717) is 0 Å². The van der Waals surface area contributed by atoms with Crippen LogP contribution in [-0.2, 0) is 10.1 Å².